The number of benzene rings is 3. The van der Waals surface area contributed by atoms with E-state index in [2.05, 4.69) is 0 Å². The number of nitro benzene ring substituents is 2. The lowest BCUT2D eigenvalue weighted by atomic mass is 10.0. The topological polar surface area (TPSA) is 155 Å². The monoisotopic (exact) mass is 556 g/mol. The van der Waals surface area contributed by atoms with Gasteiger partial charge < -0.3 is 0 Å². The molecule has 0 aliphatic carbocycles. The molecule has 0 atom stereocenters. The number of nitrogens with zero attached hydrogens (tertiary/aromatic N) is 2. The van der Waals surface area contributed by atoms with Crippen LogP contribution in [0.15, 0.2) is 71.5 Å². The Hall–Kier alpha value is -4.16. The molecule has 12 heteroatoms. The first-order valence-electron chi connectivity index (χ1n) is 11.2. The molecule has 10 nitrogen and oxygen atoms in total. The van der Waals surface area contributed by atoms with Crippen LogP contribution in [-0.4, -0.2) is 26.7 Å². The smallest absolute Gasteiger partial charge is 0.258 e. The third kappa shape index (κ3) is 7.43. The van der Waals surface area contributed by atoms with Gasteiger partial charge in [-0.25, -0.2) is 16.8 Å². The third-order valence-electron chi connectivity index (χ3n) is 5.71. The Morgan fingerprint density at radius 3 is 1.34 bits per heavy atom. The van der Waals surface area contributed by atoms with E-state index in [1.165, 1.54) is 36.4 Å². The highest BCUT2D eigenvalue weighted by atomic mass is 32.2. The van der Waals surface area contributed by atoms with Gasteiger partial charge in [-0.3, -0.25) is 20.2 Å². The second kappa shape index (κ2) is 11.5. The summed E-state index contributed by atoms with van der Waals surface area (Å²) >= 11 is 0. The second-order valence-corrected chi connectivity index (χ2v) is 12.3. The number of rotatable bonds is 10. The first kappa shape index (κ1) is 28.4. The summed E-state index contributed by atoms with van der Waals surface area (Å²) in [7, 11) is -7.89. The number of nitro groups is 2. The molecule has 0 amide bonds. The highest BCUT2D eigenvalue weighted by molar-refractivity contribution is 7.94. The van der Waals surface area contributed by atoms with E-state index in [0.717, 1.165) is 34.1 Å². The van der Waals surface area contributed by atoms with E-state index in [0.29, 0.717) is 0 Å². The van der Waals surface area contributed by atoms with Crippen LogP contribution < -0.4 is 0 Å². The fourth-order valence-electron chi connectivity index (χ4n) is 3.68. The van der Waals surface area contributed by atoms with Gasteiger partial charge in [0.1, 0.15) is 0 Å². The van der Waals surface area contributed by atoms with E-state index in [1.54, 1.807) is 38.1 Å². The second-order valence-electron chi connectivity index (χ2n) is 8.56. The van der Waals surface area contributed by atoms with Crippen molar-refractivity contribution < 1.29 is 26.7 Å². The van der Waals surface area contributed by atoms with Gasteiger partial charge in [0.25, 0.3) is 11.4 Å². The molecule has 0 aliphatic rings. The maximum atomic E-state index is 12.9. The van der Waals surface area contributed by atoms with Gasteiger partial charge in [-0.05, 0) is 60.4 Å². The first-order valence-corrected chi connectivity index (χ1v) is 14.6. The van der Waals surface area contributed by atoms with Gasteiger partial charge in [0.15, 0.2) is 19.7 Å². The number of hydrogen-bond acceptors (Lipinski definition) is 8. The van der Waals surface area contributed by atoms with Gasteiger partial charge >= 0.3 is 0 Å². The van der Waals surface area contributed by atoms with Crippen molar-refractivity contribution in [1.82, 2.24) is 0 Å². The Bertz CT molecular complexity index is 1550. The van der Waals surface area contributed by atoms with Crippen LogP contribution in [0.1, 0.15) is 33.4 Å². The Morgan fingerprint density at radius 1 is 0.658 bits per heavy atom. The van der Waals surface area contributed by atoms with E-state index in [-0.39, 0.29) is 33.6 Å². The lowest BCUT2D eigenvalue weighted by molar-refractivity contribution is -0.385. The molecule has 198 valence electrons. The van der Waals surface area contributed by atoms with Crippen LogP contribution in [0.2, 0.25) is 0 Å². The van der Waals surface area contributed by atoms with Crippen molar-refractivity contribution in [2.45, 2.75) is 25.4 Å². The molecule has 0 heterocycles. The zero-order valence-corrected chi connectivity index (χ0v) is 22.1. The van der Waals surface area contributed by atoms with Crippen LogP contribution in [0, 0.1) is 34.1 Å². The van der Waals surface area contributed by atoms with E-state index < -0.39 is 41.0 Å². The molecule has 0 fully saturated rings. The van der Waals surface area contributed by atoms with Gasteiger partial charge in [0, 0.05) is 22.9 Å². The van der Waals surface area contributed by atoms with E-state index in [1.807, 2.05) is 0 Å². The molecular formula is C26H24N2O8S2. The molecule has 3 aromatic rings. The van der Waals surface area contributed by atoms with Crippen LogP contribution in [0.5, 0.6) is 0 Å². The van der Waals surface area contributed by atoms with Gasteiger partial charge in [-0.15, -0.1) is 0 Å². The molecule has 3 rings (SSSR count). The summed E-state index contributed by atoms with van der Waals surface area (Å²) in [5.41, 5.74) is 1.79. The zero-order valence-electron chi connectivity index (χ0n) is 20.5. The summed E-state index contributed by atoms with van der Waals surface area (Å²) < 4.78 is 51.6. The molecule has 0 saturated heterocycles. The van der Waals surface area contributed by atoms with Crippen molar-refractivity contribution >= 4 is 43.2 Å². The summed E-state index contributed by atoms with van der Waals surface area (Å²) in [4.78, 5) is 21.2. The highest BCUT2D eigenvalue weighted by Crippen LogP contribution is 2.25. The molecular weight excluding hydrogens is 532 g/mol. The molecule has 0 radical (unpaired) electrons. The fourth-order valence-corrected chi connectivity index (χ4v) is 5.98. The minimum atomic E-state index is -3.94. The zero-order chi connectivity index (χ0) is 28.1. The Kier molecular flexibility index (Phi) is 8.59. The van der Waals surface area contributed by atoms with Crippen molar-refractivity contribution in [3.05, 3.63) is 125 Å². The van der Waals surface area contributed by atoms with Crippen molar-refractivity contribution in [3.63, 3.8) is 0 Å². The molecule has 0 bridgehead atoms. The van der Waals surface area contributed by atoms with Crippen LogP contribution in [0.25, 0.3) is 12.2 Å². The van der Waals surface area contributed by atoms with E-state index in [4.69, 9.17) is 0 Å². The third-order valence-corrected chi connectivity index (χ3v) is 8.23. The van der Waals surface area contributed by atoms with Gasteiger partial charge in [0.2, 0.25) is 0 Å². The van der Waals surface area contributed by atoms with Crippen molar-refractivity contribution in [2.24, 2.45) is 0 Å². The maximum absolute atomic E-state index is 12.9. The van der Waals surface area contributed by atoms with E-state index >= 15 is 0 Å². The molecule has 0 unspecified atom stereocenters. The molecule has 38 heavy (non-hydrogen) atoms. The quantitative estimate of drug-likeness (QED) is 0.241. The molecule has 0 spiro atoms. The highest BCUT2D eigenvalue weighted by Gasteiger charge is 2.19. The molecule has 0 aliphatic heterocycles. The molecule has 0 saturated carbocycles. The van der Waals surface area contributed by atoms with Crippen molar-refractivity contribution in [2.75, 3.05) is 0 Å². The fraction of sp³-hybridized carbons (Fsp3) is 0.154. The Morgan fingerprint density at radius 2 is 1.00 bits per heavy atom. The maximum Gasteiger partial charge on any atom is 0.276 e. The summed E-state index contributed by atoms with van der Waals surface area (Å²) in [6.07, 6.45) is 2.28. The van der Waals surface area contributed by atoms with Crippen LogP contribution in [-0.2, 0) is 31.2 Å². The first-order chi connectivity index (χ1) is 17.8. The van der Waals surface area contributed by atoms with Crippen molar-refractivity contribution in [3.8, 4) is 0 Å². The molecule has 0 N–H and O–H groups in total. The van der Waals surface area contributed by atoms with Crippen LogP contribution >= 0.6 is 0 Å². The average Bonchev–Trinajstić information content (AvgIpc) is 2.84. The molecule has 0 aromatic heterocycles. The standard InChI is InChI=1S/C26H24N2O8S2/c1-19-15-23(17-37(33,34)13-11-21-7-3-5-9-25(21)27(29)30)24(16-20(19)2)18-38(35,36)14-12-22-8-4-6-10-26(22)28(31)32/h3-16H,17-18H2,1-2H3. The van der Waals surface area contributed by atoms with Gasteiger partial charge in [-0.2, -0.15) is 0 Å². The predicted octanol–water partition coefficient (Wildman–Crippen LogP) is 5.29. The summed E-state index contributed by atoms with van der Waals surface area (Å²) in [5, 5.41) is 24.2. The SMILES string of the molecule is Cc1cc(CS(=O)(=O)C=Cc2ccccc2[N+](=O)[O-])c(CS(=O)(=O)C=Cc2ccccc2[N+](=O)[O-])cc1C. The largest absolute Gasteiger partial charge is 0.276 e. The Balaban J connectivity index is 1.91. The van der Waals surface area contributed by atoms with Crippen molar-refractivity contribution in [1.29, 1.82) is 0 Å². The number of hydrogen-bond donors (Lipinski definition) is 0. The minimum Gasteiger partial charge on any atom is -0.258 e. The minimum absolute atomic E-state index is 0.115. The Labute approximate surface area is 220 Å². The van der Waals surface area contributed by atoms with Gasteiger partial charge in [0.05, 0.1) is 32.5 Å². The summed E-state index contributed by atoms with van der Waals surface area (Å²) in [5.74, 6) is -1.05. The van der Waals surface area contributed by atoms with E-state index in [9.17, 15) is 37.1 Å². The van der Waals surface area contributed by atoms with Crippen LogP contribution in [0.4, 0.5) is 11.4 Å². The van der Waals surface area contributed by atoms with Gasteiger partial charge in [-0.1, -0.05) is 36.4 Å². The molecule has 3 aromatic carbocycles. The predicted molar refractivity (Wildman–Crippen MR) is 145 cm³/mol. The number of para-hydroxylation sites is 2. The number of sulfone groups is 2. The lowest BCUT2D eigenvalue weighted by Gasteiger charge is -2.12. The average molecular weight is 557 g/mol. The normalized spacial score (nSPS) is 12.3. The summed E-state index contributed by atoms with van der Waals surface area (Å²) in [6, 6.07) is 14.6. The lowest BCUT2D eigenvalue weighted by Crippen LogP contribution is -2.08. The summed E-state index contributed by atoms with van der Waals surface area (Å²) in [6.45, 7) is 3.53. The van der Waals surface area contributed by atoms with Crippen LogP contribution in [0.3, 0.4) is 0 Å². The number of aryl methyl sites for hydroxylation is 2.